The van der Waals surface area contributed by atoms with Crippen molar-refractivity contribution in [2.45, 2.75) is 77.3 Å². The molecule has 6 nitrogen and oxygen atoms in total. The van der Waals surface area contributed by atoms with Gasteiger partial charge in [0.1, 0.15) is 6.61 Å². The summed E-state index contributed by atoms with van der Waals surface area (Å²) in [7, 11) is -4.13. The van der Waals surface area contributed by atoms with Gasteiger partial charge in [-0.05, 0) is 6.42 Å². The molecule has 2 atom stereocenters. The number of carbonyl (C=O) groups excluding carboxylic acids is 1. The van der Waals surface area contributed by atoms with Gasteiger partial charge in [-0.25, -0.2) is 5.26 Å². The van der Waals surface area contributed by atoms with Crippen LogP contribution in [0.25, 0.3) is 0 Å². The summed E-state index contributed by atoms with van der Waals surface area (Å²) in [6.45, 7) is 3.20. The molecular weight excluding hydrogens is 295 g/mol. The molecule has 0 bridgehead atoms. The zero-order valence-electron chi connectivity index (χ0n) is 13.1. The largest absolute Gasteiger partial charge is 0.465 e. The van der Waals surface area contributed by atoms with Gasteiger partial charge in [-0.1, -0.05) is 58.3 Å². The molecule has 0 heterocycles. The Morgan fingerprint density at radius 1 is 1.10 bits per heavy atom. The van der Waals surface area contributed by atoms with Crippen molar-refractivity contribution >= 4 is 13.6 Å². The Morgan fingerprint density at radius 3 is 2.10 bits per heavy atom. The number of rotatable bonds is 13. The Bertz CT molecular complexity index is 321. The smallest absolute Gasteiger partial charge is 0.361 e. The first kappa shape index (κ1) is 20.6. The maximum absolute atomic E-state index is 11.6. The molecule has 0 aliphatic carbocycles. The lowest BCUT2D eigenvalue weighted by atomic mass is 10.1. The normalized spacial score (nSPS) is 15.4. The second kappa shape index (κ2) is 12.2. The monoisotopic (exact) mass is 324 g/mol. The highest BCUT2D eigenvalue weighted by molar-refractivity contribution is 7.53. The lowest BCUT2D eigenvalue weighted by Gasteiger charge is -2.19. The van der Waals surface area contributed by atoms with Gasteiger partial charge in [-0.15, -0.1) is 0 Å². The molecule has 0 saturated carbocycles. The first-order valence-electron chi connectivity index (χ1n) is 7.73. The molecule has 0 amide bonds. The van der Waals surface area contributed by atoms with Gasteiger partial charge in [-0.3, -0.25) is 9.36 Å². The molecule has 21 heavy (non-hydrogen) atoms. The van der Waals surface area contributed by atoms with E-state index in [1.807, 2.05) is 0 Å². The molecule has 0 spiro atoms. The summed E-state index contributed by atoms with van der Waals surface area (Å²) >= 11 is 0. The molecule has 7 heteroatoms. The molecular formula is C14H29O6P. The third-order valence-electron chi connectivity index (χ3n) is 3.45. The minimum atomic E-state index is -4.13. The van der Waals surface area contributed by atoms with Crippen LogP contribution >= 0.6 is 7.60 Å². The van der Waals surface area contributed by atoms with Crippen LogP contribution in [0.3, 0.4) is 0 Å². The summed E-state index contributed by atoms with van der Waals surface area (Å²) in [5.41, 5.74) is -0.869. The first-order chi connectivity index (χ1) is 9.94. The van der Waals surface area contributed by atoms with Gasteiger partial charge in [0.2, 0.25) is 0 Å². The highest BCUT2D eigenvalue weighted by Crippen LogP contribution is 2.48. The average Bonchev–Trinajstić information content (AvgIpc) is 2.44. The summed E-state index contributed by atoms with van der Waals surface area (Å²) in [6, 6.07) is 0. The van der Waals surface area contributed by atoms with Gasteiger partial charge in [0.05, 0.1) is 5.66 Å². The Labute approximate surface area is 127 Å². The number of carbonyl (C=O) groups is 1. The van der Waals surface area contributed by atoms with Crippen molar-refractivity contribution in [3.8, 4) is 0 Å². The van der Waals surface area contributed by atoms with Crippen LogP contribution in [0.2, 0.25) is 0 Å². The lowest BCUT2D eigenvalue weighted by molar-refractivity contribution is -0.150. The van der Waals surface area contributed by atoms with Crippen LogP contribution in [0.15, 0.2) is 0 Å². The molecule has 2 unspecified atom stereocenters. The van der Waals surface area contributed by atoms with E-state index in [0.29, 0.717) is 6.42 Å². The summed E-state index contributed by atoms with van der Waals surface area (Å²) in [5, 5.41) is 8.50. The predicted octanol–water partition coefficient (Wildman–Crippen LogP) is 4.12. The zero-order valence-corrected chi connectivity index (χ0v) is 14.0. The molecule has 126 valence electrons. The number of esters is 1. The second-order valence-corrected chi connectivity index (χ2v) is 7.39. The van der Waals surface area contributed by atoms with E-state index in [2.05, 4.69) is 11.6 Å². The number of hydrogen-bond donors (Lipinski definition) is 2. The van der Waals surface area contributed by atoms with Crippen LogP contribution in [0.5, 0.6) is 0 Å². The quantitative estimate of drug-likeness (QED) is 0.174. The van der Waals surface area contributed by atoms with E-state index in [4.69, 9.17) is 9.99 Å². The van der Waals surface area contributed by atoms with Crippen molar-refractivity contribution in [2.75, 3.05) is 6.61 Å². The van der Waals surface area contributed by atoms with E-state index in [-0.39, 0.29) is 6.61 Å². The highest BCUT2D eigenvalue weighted by Gasteiger charge is 2.33. The molecule has 0 fully saturated rings. The van der Waals surface area contributed by atoms with E-state index < -0.39 is 19.2 Å². The Balaban J connectivity index is 3.91. The van der Waals surface area contributed by atoms with Crippen LogP contribution in [0, 0.1) is 0 Å². The molecule has 0 radical (unpaired) electrons. The van der Waals surface area contributed by atoms with Gasteiger partial charge in [0.25, 0.3) is 0 Å². The molecule has 0 aromatic rings. The maximum atomic E-state index is 11.6. The number of unbranched alkanes of at least 4 members (excludes halogenated alkanes) is 7. The lowest BCUT2D eigenvalue weighted by Crippen LogP contribution is -2.19. The van der Waals surface area contributed by atoms with E-state index in [1.54, 1.807) is 0 Å². The summed E-state index contributed by atoms with van der Waals surface area (Å²) in [4.78, 5) is 20.3. The van der Waals surface area contributed by atoms with Crippen molar-refractivity contribution < 1.29 is 28.9 Å². The molecule has 0 rings (SSSR count). The summed E-state index contributed by atoms with van der Waals surface area (Å²) in [5.74, 6) is -0.520. The molecule has 0 aliphatic rings. The number of ether oxygens (including phenoxy) is 1. The fourth-order valence-electron chi connectivity index (χ4n) is 2.13. The van der Waals surface area contributed by atoms with Gasteiger partial charge in [-0.2, -0.15) is 4.67 Å². The SMILES string of the molecule is CCCCCCCCCCC(COC(C)=O)P(=O)(O)OO. The van der Waals surface area contributed by atoms with Crippen LogP contribution in [-0.2, 0) is 18.8 Å². The zero-order chi connectivity index (χ0) is 16.1. The molecule has 0 aromatic carbocycles. The fraction of sp³-hybridized carbons (Fsp3) is 0.929. The fourth-order valence-corrected chi connectivity index (χ4v) is 3.04. The maximum Gasteiger partial charge on any atom is 0.361 e. The van der Waals surface area contributed by atoms with E-state index >= 15 is 0 Å². The third-order valence-corrected chi connectivity index (χ3v) is 5.01. The highest BCUT2D eigenvalue weighted by atomic mass is 31.2. The predicted molar refractivity (Wildman–Crippen MR) is 81.2 cm³/mol. The minimum absolute atomic E-state index is 0.208. The van der Waals surface area contributed by atoms with Crippen molar-refractivity contribution in [2.24, 2.45) is 0 Å². The molecule has 0 aromatic heterocycles. The summed E-state index contributed by atoms with van der Waals surface area (Å²) < 4.78 is 20.1. The second-order valence-electron chi connectivity index (χ2n) is 5.37. The minimum Gasteiger partial charge on any atom is -0.465 e. The standard InChI is InChI=1S/C14H29O6P/c1-3-4-5-6-7-8-9-10-11-14(12-19-13(2)15)21(17,18)20-16/h14,16H,3-12H2,1-2H3,(H,17,18). The Kier molecular flexibility index (Phi) is 11.9. The number of hydrogen-bond acceptors (Lipinski definition) is 5. The topological polar surface area (TPSA) is 93.1 Å². The Hall–Kier alpha value is -0.420. The third kappa shape index (κ3) is 10.9. The summed E-state index contributed by atoms with van der Waals surface area (Å²) in [6.07, 6.45) is 9.31. The van der Waals surface area contributed by atoms with Crippen molar-refractivity contribution in [1.29, 1.82) is 0 Å². The van der Waals surface area contributed by atoms with Crippen molar-refractivity contribution in [1.82, 2.24) is 0 Å². The van der Waals surface area contributed by atoms with Crippen LogP contribution in [0.4, 0.5) is 0 Å². The average molecular weight is 324 g/mol. The van der Waals surface area contributed by atoms with Crippen molar-refractivity contribution in [3.63, 3.8) is 0 Å². The van der Waals surface area contributed by atoms with Crippen LogP contribution in [-0.4, -0.2) is 28.4 Å². The Morgan fingerprint density at radius 2 is 1.62 bits per heavy atom. The van der Waals surface area contributed by atoms with Crippen LogP contribution in [0.1, 0.15) is 71.6 Å². The van der Waals surface area contributed by atoms with Gasteiger partial charge in [0, 0.05) is 6.92 Å². The van der Waals surface area contributed by atoms with Gasteiger partial charge >= 0.3 is 13.6 Å². The molecule has 0 aliphatic heterocycles. The van der Waals surface area contributed by atoms with Crippen molar-refractivity contribution in [3.05, 3.63) is 0 Å². The molecule has 0 saturated heterocycles. The van der Waals surface area contributed by atoms with Gasteiger partial charge in [0.15, 0.2) is 0 Å². The van der Waals surface area contributed by atoms with Crippen LogP contribution < -0.4 is 0 Å². The van der Waals surface area contributed by atoms with E-state index in [1.165, 1.54) is 39.0 Å². The van der Waals surface area contributed by atoms with E-state index in [0.717, 1.165) is 19.3 Å². The first-order valence-corrected chi connectivity index (χ1v) is 9.37. The van der Waals surface area contributed by atoms with Gasteiger partial charge < -0.3 is 9.63 Å². The molecule has 2 N–H and O–H groups in total. The van der Waals surface area contributed by atoms with E-state index in [9.17, 15) is 14.3 Å².